The van der Waals surface area contributed by atoms with Gasteiger partial charge in [0.15, 0.2) is 0 Å². The smallest absolute Gasteiger partial charge is 0.251 e. The van der Waals surface area contributed by atoms with Crippen LogP contribution in [-0.2, 0) is 4.79 Å². The number of carbonyl (C=O) groups excluding carboxylic acids is 2. The summed E-state index contributed by atoms with van der Waals surface area (Å²) in [7, 11) is 0. The van der Waals surface area contributed by atoms with Gasteiger partial charge in [-0.15, -0.1) is 12.4 Å². The van der Waals surface area contributed by atoms with E-state index in [0.29, 0.717) is 11.3 Å². The van der Waals surface area contributed by atoms with Gasteiger partial charge in [0.1, 0.15) is 0 Å². The van der Waals surface area contributed by atoms with E-state index in [9.17, 15) is 9.59 Å². The minimum Gasteiger partial charge on any atom is -0.350 e. The molecule has 0 spiro atoms. The summed E-state index contributed by atoms with van der Waals surface area (Å²) in [4.78, 5) is 24.7. The van der Waals surface area contributed by atoms with Crippen LogP contribution < -0.4 is 16.4 Å². The Kier molecular flexibility index (Phi) is 7.44. The van der Waals surface area contributed by atoms with Crippen LogP contribution in [0.4, 0.5) is 5.69 Å². The number of aryl methyl sites for hydroxylation is 1. The zero-order chi connectivity index (χ0) is 17.9. The molecule has 25 heavy (non-hydrogen) atoms. The second-order valence-electron chi connectivity index (χ2n) is 7.45. The molecule has 1 aliphatic rings. The molecule has 5 nitrogen and oxygen atoms in total. The Labute approximate surface area is 156 Å². The summed E-state index contributed by atoms with van der Waals surface area (Å²) in [5, 5.41) is 5.84. The molecule has 0 aromatic heterocycles. The molecule has 0 heterocycles. The number of rotatable bonds is 4. The van der Waals surface area contributed by atoms with Gasteiger partial charge in [0, 0.05) is 22.8 Å². The highest BCUT2D eigenvalue weighted by Gasteiger charge is 2.37. The van der Waals surface area contributed by atoms with Gasteiger partial charge >= 0.3 is 0 Å². The zero-order valence-corrected chi connectivity index (χ0v) is 16.3. The molecule has 1 saturated carbocycles. The number of hydrogen-bond acceptors (Lipinski definition) is 3. The van der Waals surface area contributed by atoms with Gasteiger partial charge in [-0.05, 0) is 64.3 Å². The topological polar surface area (TPSA) is 84.2 Å². The summed E-state index contributed by atoms with van der Waals surface area (Å²) in [6, 6.07) is 5.45. The number of anilines is 1. The quantitative estimate of drug-likeness (QED) is 0.762. The molecule has 0 saturated heterocycles. The van der Waals surface area contributed by atoms with E-state index >= 15 is 0 Å². The first-order valence-electron chi connectivity index (χ1n) is 8.72. The molecular weight excluding hydrogens is 338 g/mol. The highest BCUT2D eigenvalue weighted by Crippen LogP contribution is 2.32. The van der Waals surface area contributed by atoms with Gasteiger partial charge < -0.3 is 16.4 Å². The first-order chi connectivity index (χ1) is 11.2. The van der Waals surface area contributed by atoms with Crippen LogP contribution in [0, 0.1) is 12.8 Å². The van der Waals surface area contributed by atoms with E-state index in [4.69, 9.17) is 5.73 Å². The molecule has 1 aliphatic carbocycles. The number of nitrogens with two attached hydrogens (primary N) is 1. The Morgan fingerprint density at radius 2 is 1.96 bits per heavy atom. The lowest BCUT2D eigenvalue weighted by molar-refractivity contribution is -0.122. The number of carbonyl (C=O) groups is 2. The number of amides is 2. The van der Waals surface area contributed by atoms with Gasteiger partial charge in [-0.1, -0.05) is 12.8 Å². The van der Waals surface area contributed by atoms with Gasteiger partial charge in [-0.2, -0.15) is 0 Å². The minimum absolute atomic E-state index is 0. The summed E-state index contributed by atoms with van der Waals surface area (Å²) in [6.07, 6.45) is 3.82. The van der Waals surface area contributed by atoms with Crippen molar-refractivity contribution in [3.63, 3.8) is 0 Å². The molecule has 2 amide bonds. The van der Waals surface area contributed by atoms with Crippen LogP contribution in [0.25, 0.3) is 0 Å². The van der Waals surface area contributed by atoms with Crippen molar-refractivity contribution in [1.82, 2.24) is 5.32 Å². The van der Waals surface area contributed by atoms with Crippen molar-refractivity contribution in [3.05, 3.63) is 29.3 Å². The maximum Gasteiger partial charge on any atom is 0.251 e. The average molecular weight is 368 g/mol. The minimum atomic E-state index is -0.450. The fraction of sp³-hybridized carbons (Fsp3) is 0.579. The monoisotopic (exact) mass is 367 g/mol. The molecular formula is C19H30ClN3O2. The summed E-state index contributed by atoms with van der Waals surface area (Å²) >= 11 is 0. The van der Waals surface area contributed by atoms with Crippen LogP contribution in [0.5, 0.6) is 0 Å². The number of benzene rings is 1. The normalized spacial score (nSPS) is 22.9. The van der Waals surface area contributed by atoms with Gasteiger partial charge in [0.2, 0.25) is 5.91 Å². The van der Waals surface area contributed by atoms with Crippen LogP contribution >= 0.6 is 12.4 Å². The standard InChI is InChI=1S/C19H29N3O2.ClH/c1-12(2)21-17(23)15-9-8-14(11-13(15)3)22-18(24)16-7-5-6-10-19(16,4)20;/h8-9,11-12,16H,5-7,10,20H2,1-4H3,(H,21,23)(H,22,24);1H. The van der Waals surface area contributed by atoms with E-state index in [1.54, 1.807) is 12.1 Å². The lowest BCUT2D eigenvalue weighted by atomic mass is 9.74. The molecule has 1 fully saturated rings. The second kappa shape index (κ2) is 8.68. The highest BCUT2D eigenvalue weighted by atomic mass is 35.5. The number of halogens is 1. The van der Waals surface area contributed by atoms with Crippen LogP contribution in [0.15, 0.2) is 18.2 Å². The predicted molar refractivity (Wildman–Crippen MR) is 104 cm³/mol. The maximum atomic E-state index is 12.6. The molecule has 1 aromatic rings. The SMILES string of the molecule is Cc1cc(NC(=O)C2CCCCC2(C)N)ccc1C(=O)NC(C)C.Cl. The maximum absolute atomic E-state index is 12.6. The van der Waals surface area contributed by atoms with Crippen LogP contribution in [0.2, 0.25) is 0 Å². The van der Waals surface area contributed by atoms with Crippen molar-refractivity contribution in [3.8, 4) is 0 Å². The average Bonchev–Trinajstić information content (AvgIpc) is 2.45. The molecule has 0 radical (unpaired) electrons. The molecule has 2 rings (SSSR count). The van der Waals surface area contributed by atoms with Crippen molar-refractivity contribution in [2.45, 2.75) is 65.0 Å². The van der Waals surface area contributed by atoms with E-state index in [2.05, 4.69) is 10.6 Å². The van der Waals surface area contributed by atoms with Crippen molar-refractivity contribution in [2.24, 2.45) is 11.7 Å². The number of nitrogens with one attached hydrogen (secondary N) is 2. The molecule has 1 aromatic carbocycles. The lowest BCUT2D eigenvalue weighted by Crippen LogP contribution is -2.51. The highest BCUT2D eigenvalue weighted by molar-refractivity contribution is 5.98. The first kappa shape index (κ1) is 21.5. The molecule has 0 bridgehead atoms. The van der Waals surface area contributed by atoms with Gasteiger partial charge in [0.25, 0.3) is 5.91 Å². The van der Waals surface area contributed by atoms with Crippen LogP contribution in [0.1, 0.15) is 62.4 Å². The fourth-order valence-corrected chi connectivity index (χ4v) is 3.35. The van der Waals surface area contributed by atoms with Crippen LogP contribution in [0.3, 0.4) is 0 Å². The Hall–Kier alpha value is -1.59. The van der Waals surface area contributed by atoms with Gasteiger partial charge in [0.05, 0.1) is 5.92 Å². The molecule has 140 valence electrons. The largest absolute Gasteiger partial charge is 0.350 e. The third-order valence-corrected chi connectivity index (χ3v) is 4.73. The fourth-order valence-electron chi connectivity index (χ4n) is 3.35. The summed E-state index contributed by atoms with van der Waals surface area (Å²) in [6.45, 7) is 7.69. The zero-order valence-electron chi connectivity index (χ0n) is 15.5. The van der Waals surface area contributed by atoms with E-state index in [1.807, 2.05) is 33.8 Å². The Morgan fingerprint density at radius 1 is 1.28 bits per heavy atom. The van der Waals surface area contributed by atoms with Crippen molar-refractivity contribution >= 4 is 29.9 Å². The molecule has 4 N–H and O–H groups in total. The van der Waals surface area contributed by atoms with Crippen molar-refractivity contribution in [1.29, 1.82) is 0 Å². The second-order valence-corrected chi connectivity index (χ2v) is 7.45. The predicted octanol–water partition coefficient (Wildman–Crippen LogP) is 3.40. The van der Waals surface area contributed by atoms with Crippen molar-refractivity contribution < 1.29 is 9.59 Å². The van der Waals surface area contributed by atoms with Crippen molar-refractivity contribution in [2.75, 3.05) is 5.32 Å². The Morgan fingerprint density at radius 3 is 2.52 bits per heavy atom. The summed E-state index contributed by atoms with van der Waals surface area (Å²) in [5.74, 6) is -0.295. The van der Waals surface area contributed by atoms with E-state index in [1.165, 1.54) is 0 Å². The summed E-state index contributed by atoms with van der Waals surface area (Å²) in [5.41, 5.74) is 8.03. The van der Waals surface area contributed by atoms with Gasteiger partial charge in [-0.3, -0.25) is 9.59 Å². The third-order valence-electron chi connectivity index (χ3n) is 4.73. The molecule has 0 aliphatic heterocycles. The Bertz CT molecular complexity index is 629. The molecule has 6 heteroatoms. The third kappa shape index (κ3) is 5.44. The molecule has 2 atom stereocenters. The number of hydrogen-bond donors (Lipinski definition) is 3. The van der Waals surface area contributed by atoms with E-state index < -0.39 is 5.54 Å². The van der Waals surface area contributed by atoms with E-state index in [0.717, 1.165) is 31.2 Å². The van der Waals surface area contributed by atoms with Crippen LogP contribution in [-0.4, -0.2) is 23.4 Å². The first-order valence-corrected chi connectivity index (χ1v) is 8.72. The van der Waals surface area contributed by atoms with Gasteiger partial charge in [-0.25, -0.2) is 0 Å². The van der Waals surface area contributed by atoms with E-state index in [-0.39, 0.29) is 36.2 Å². The molecule has 2 unspecified atom stereocenters. The Balaban J connectivity index is 0.00000312. The summed E-state index contributed by atoms with van der Waals surface area (Å²) < 4.78 is 0. The lowest BCUT2D eigenvalue weighted by Gasteiger charge is -2.37.